The predicted molar refractivity (Wildman–Crippen MR) is 160 cm³/mol. The van der Waals surface area contributed by atoms with E-state index in [1.165, 1.54) is 32.2 Å². The van der Waals surface area contributed by atoms with Gasteiger partial charge in [0.25, 0.3) is 0 Å². The number of carbonyl (C=O) groups excluding carboxylic acids is 2. The number of carbonyl (C=O) groups is 2. The number of fused-ring (bicyclic) bond motifs is 3. The number of aliphatic hydroxyl groups is 2. The molecule has 2 aromatic rings. The number of ketones is 2. The summed E-state index contributed by atoms with van der Waals surface area (Å²) in [5.41, 5.74) is 11.5. The summed E-state index contributed by atoms with van der Waals surface area (Å²) in [5.74, 6) is -2.46. The highest BCUT2D eigenvalue weighted by molar-refractivity contribution is 7.80. The molecule has 0 saturated carbocycles. The Bertz CT molecular complexity index is 1520. The van der Waals surface area contributed by atoms with Crippen LogP contribution in [0.4, 0.5) is 0 Å². The standard InChI is InChI=1S/C28H32N4O9S.ClH/c1-10-22(33)14(29)7-17(40-10)41-16-9-28(38,11(2)31-32-27(30)42)8-13-19(16)26(37)21-20(24(13)35)23(34)12-5-4-6-15(39-3)18(12)25(21)36;/h4-6,10,14,16-17,22,33,35,37-38H,7-9,29H2,1-3H3,(H3,30,32,42);1H/t10?,14?,16-,17?,22?,28-;/m0./s1. The summed E-state index contributed by atoms with van der Waals surface area (Å²) < 4.78 is 17.3. The molecule has 4 unspecified atom stereocenters. The highest BCUT2D eigenvalue weighted by Crippen LogP contribution is 2.52. The number of hydrazone groups is 1. The van der Waals surface area contributed by atoms with E-state index in [4.69, 9.17) is 37.9 Å². The number of aromatic hydroxyl groups is 2. The minimum absolute atomic E-state index is 0. The SMILES string of the molecule is COc1cccc2c1C(=O)c1c(O)c3c(c(O)c1C2=O)C[C@@](O)(C(C)=NNC(N)=S)C[C@@H]3OC1CC(N)C(O)C(C)O1.Cl. The number of ether oxygens (including phenoxy) is 3. The van der Waals surface area contributed by atoms with Crippen molar-refractivity contribution in [2.24, 2.45) is 16.6 Å². The van der Waals surface area contributed by atoms with Gasteiger partial charge in [0, 0.05) is 42.0 Å². The lowest BCUT2D eigenvalue weighted by atomic mass is 9.72. The second-order valence-corrected chi connectivity index (χ2v) is 11.2. The van der Waals surface area contributed by atoms with Gasteiger partial charge in [-0.15, -0.1) is 12.4 Å². The molecule has 13 nitrogen and oxygen atoms in total. The Morgan fingerprint density at radius 2 is 1.86 bits per heavy atom. The third kappa shape index (κ3) is 5.44. The zero-order chi connectivity index (χ0) is 30.7. The Morgan fingerprint density at radius 1 is 1.19 bits per heavy atom. The molecular weight excluding hydrogens is 604 g/mol. The Labute approximate surface area is 258 Å². The number of methoxy groups -OCH3 is 1. The first-order valence-corrected chi connectivity index (χ1v) is 13.6. The van der Waals surface area contributed by atoms with E-state index in [1.807, 2.05) is 0 Å². The number of aliphatic hydroxyl groups excluding tert-OH is 1. The van der Waals surface area contributed by atoms with Crippen LogP contribution in [0.3, 0.4) is 0 Å². The number of thiocarbonyl (C=S) groups is 1. The number of rotatable bonds is 5. The van der Waals surface area contributed by atoms with Crippen LogP contribution in [0, 0.1) is 0 Å². The summed E-state index contributed by atoms with van der Waals surface area (Å²) in [6, 6.07) is 3.79. The molecule has 2 aliphatic carbocycles. The molecular formula is C28H33ClN4O9S. The van der Waals surface area contributed by atoms with Gasteiger partial charge < -0.3 is 46.1 Å². The quantitative estimate of drug-likeness (QED) is 0.0903. The maximum absolute atomic E-state index is 13.8. The number of phenols is 2. The summed E-state index contributed by atoms with van der Waals surface area (Å²) in [5, 5.41) is 49.2. The number of hydrogen-bond donors (Lipinski definition) is 7. The molecule has 0 amide bonds. The van der Waals surface area contributed by atoms with Gasteiger partial charge in [-0.2, -0.15) is 5.10 Å². The average Bonchev–Trinajstić information content (AvgIpc) is 2.94. The Morgan fingerprint density at radius 3 is 2.49 bits per heavy atom. The molecule has 0 aromatic heterocycles. The largest absolute Gasteiger partial charge is 0.507 e. The molecule has 5 rings (SSSR count). The first-order chi connectivity index (χ1) is 19.8. The predicted octanol–water partition coefficient (Wildman–Crippen LogP) is 1.07. The van der Waals surface area contributed by atoms with Crippen molar-refractivity contribution in [3.63, 3.8) is 0 Å². The van der Waals surface area contributed by atoms with Gasteiger partial charge in [-0.05, 0) is 32.1 Å². The first-order valence-electron chi connectivity index (χ1n) is 13.2. The lowest BCUT2D eigenvalue weighted by Gasteiger charge is -2.42. The van der Waals surface area contributed by atoms with Crippen LogP contribution in [0.1, 0.15) is 75.8 Å². The van der Waals surface area contributed by atoms with E-state index < -0.39 is 70.4 Å². The topological polar surface area (TPSA) is 219 Å². The fraction of sp³-hybridized carbons (Fsp3) is 0.429. The minimum Gasteiger partial charge on any atom is -0.507 e. The van der Waals surface area contributed by atoms with Crippen LogP contribution >= 0.6 is 24.6 Å². The fourth-order valence-corrected chi connectivity index (χ4v) is 5.95. The molecule has 15 heteroatoms. The van der Waals surface area contributed by atoms with E-state index in [9.17, 15) is 30.0 Å². The molecule has 232 valence electrons. The van der Waals surface area contributed by atoms with Crippen LogP contribution in [0.2, 0.25) is 0 Å². The summed E-state index contributed by atoms with van der Waals surface area (Å²) in [6.07, 6.45) is -4.25. The number of halogens is 1. The van der Waals surface area contributed by atoms with Crippen molar-refractivity contribution in [3.8, 4) is 17.2 Å². The molecule has 3 aliphatic rings. The van der Waals surface area contributed by atoms with Crippen LogP contribution in [0.5, 0.6) is 17.2 Å². The van der Waals surface area contributed by atoms with Gasteiger partial charge in [0.05, 0.1) is 47.8 Å². The van der Waals surface area contributed by atoms with Gasteiger partial charge in [-0.25, -0.2) is 0 Å². The van der Waals surface area contributed by atoms with E-state index in [-0.39, 0.29) is 70.5 Å². The summed E-state index contributed by atoms with van der Waals surface area (Å²) in [6.45, 7) is 3.13. The maximum atomic E-state index is 13.8. The number of hydrogen-bond acceptors (Lipinski definition) is 12. The molecule has 1 fully saturated rings. The molecule has 0 radical (unpaired) electrons. The lowest BCUT2D eigenvalue weighted by Crippen LogP contribution is -2.52. The number of benzene rings is 2. The Balaban J connectivity index is 0.00000423. The normalized spacial score (nSPS) is 28.2. The van der Waals surface area contributed by atoms with Gasteiger partial charge in [0.2, 0.25) is 5.78 Å². The number of nitrogens with one attached hydrogen (secondary N) is 1. The summed E-state index contributed by atoms with van der Waals surface area (Å²) >= 11 is 4.81. The van der Waals surface area contributed by atoms with Crippen LogP contribution in [0.25, 0.3) is 0 Å². The van der Waals surface area contributed by atoms with E-state index >= 15 is 0 Å². The molecule has 0 bridgehead atoms. The monoisotopic (exact) mass is 636 g/mol. The molecule has 1 saturated heterocycles. The van der Waals surface area contributed by atoms with Crippen molar-refractivity contribution in [1.29, 1.82) is 0 Å². The zero-order valence-electron chi connectivity index (χ0n) is 23.5. The maximum Gasteiger partial charge on any atom is 0.202 e. The van der Waals surface area contributed by atoms with Gasteiger partial charge >= 0.3 is 0 Å². The Kier molecular flexibility index (Phi) is 9.05. The third-order valence-corrected chi connectivity index (χ3v) is 8.24. The van der Waals surface area contributed by atoms with Crippen molar-refractivity contribution in [2.75, 3.05) is 7.11 Å². The molecule has 1 heterocycles. The van der Waals surface area contributed by atoms with Crippen molar-refractivity contribution in [2.45, 2.75) is 69.4 Å². The molecule has 43 heavy (non-hydrogen) atoms. The van der Waals surface area contributed by atoms with Crippen molar-refractivity contribution < 1.29 is 44.2 Å². The second-order valence-electron chi connectivity index (χ2n) is 10.8. The van der Waals surface area contributed by atoms with Crippen LogP contribution in [-0.4, -0.2) is 80.1 Å². The number of nitrogens with two attached hydrogens (primary N) is 2. The average molecular weight is 637 g/mol. The lowest BCUT2D eigenvalue weighted by molar-refractivity contribution is -0.245. The molecule has 1 aliphatic heterocycles. The van der Waals surface area contributed by atoms with Crippen molar-refractivity contribution in [3.05, 3.63) is 51.6 Å². The molecule has 2 aromatic carbocycles. The highest BCUT2D eigenvalue weighted by Gasteiger charge is 2.49. The Hall–Kier alpha value is -3.37. The van der Waals surface area contributed by atoms with Gasteiger partial charge in [-0.1, -0.05) is 12.1 Å². The van der Waals surface area contributed by atoms with Gasteiger partial charge in [-0.3, -0.25) is 15.0 Å². The van der Waals surface area contributed by atoms with Crippen molar-refractivity contribution in [1.82, 2.24) is 5.43 Å². The van der Waals surface area contributed by atoms with E-state index in [0.29, 0.717) is 0 Å². The van der Waals surface area contributed by atoms with E-state index in [1.54, 1.807) is 6.92 Å². The minimum atomic E-state index is -1.79. The molecule has 6 atom stereocenters. The van der Waals surface area contributed by atoms with Crippen molar-refractivity contribution >= 4 is 47.0 Å². The van der Waals surface area contributed by atoms with Crippen LogP contribution in [0.15, 0.2) is 23.3 Å². The number of phenolic OH excluding ortho intramolecular Hbond substituents is 2. The van der Waals surface area contributed by atoms with Crippen LogP contribution in [-0.2, 0) is 15.9 Å². The van der Waals surface area contributed by atoms with E-state index in [0.717, 1.165) is 0 Å². The second kappa shape index (κ2) is 12.0. The number of nitrogens with zero attached hydrogens (tertiary/aromatic N) is 1. The zero-order valence-corrected chi connectivity index (χ0v) is 25.1. The fourth-order valence-electron chi connectivity index (χ4n) is 5.91. The summed E-state index contributed by atoms with van der Waals surface area (Å²) in [7, 11) is 1.35. The molecule has 0 spiro atoms. The van der Waals surface area contributed by atoms with Crippen LogP contribution < -0.4 is 21.6 Å². The highest BCUT2D eigenvalue weighted by atomic mass is 35.5. The van der Waals surface area contributed by atoms with Gasteiger partial charge in [0.1, 0.15) is 22.8 Å². The first kappa shape index (κ1) is 32.5. The molecule has 9 N–H and O–H groups in total. The van der Waals surface area contributed by atoms with Gasteiger partial charge in [0.15, 0.2) is 17.2 Å². The van der Waals surface area contributed by atoms with E-state index in [2.05, 4.69) is 10.5 Å². The third-order valence-electron chi connectivity index (χ3n) is 8.15. The smallest absolute Gasteiger partial charge is 0.202 e. The summed E-state index contributed by atoms with van der Waals surface area (Å²) in [4.78, 5) is 27.4.